The molecule has 0 aromatic rings. The lowest BCUT2D eigenvalue weighted by Gasteiger charge is -2.42. The van der Waals surface area contributed by atoms with Gasteiger partial charge in [0.2, 0.25) is 0 Å². The smallest absolute Gasteiger partial charge is 0.0247 e. The van der Waals surface area contributed by atoms with Crippen LogP contribution in [0.1, 0.15) is 33.6 Å². The van der Waals surface area contributed by atoms with E-state index in [2.05, 4.69) is 31.0 Å². The molecule has 1 saturated carbocycles. The van der Waals surface area contributed by atoms with Gasteiger partial charge in [0, 0.05) is 31.7 Å². The average Bonchev–Trinajstić information content (AvgIpc) is 3.00. The summed E-state index contributed by atoms with van der Waals surface area (Å²) in [7, 11) is 0. The van der Waals surface area contributed by atoms with Crippen molar-refractivity contribution in [1.82, 2.24) is 10.2 Å². The van der Waals surface area contributed by atoms with Gasteiger partial charge in [-0.1, -0.05) is 13.8 Å². The van der Waals surface area contributed by atoms with Crippen LogP contribution in [0.15, 0.2) is 0 Å². The van der Waals surface area contributed by atoms with Gasteiger partial charge in [-0.05, 0) is 31.6 Å². The van der Waals surface area contributed by atoms with Crippen molar-refractivity contribution >= 4 is 0 Å². The van der Waals surface area contributed by atoms with E-state index in [0.717, 1.165) is 23.9 Å². The van der Waals surface area contributed by atoms with Crippen LogP contribution in [0.5, 0.6) is 0 Å². The highest BCUT2D eigenvalue weighted by atomic mass is 15.2. The summed E-state index contributed by atoms with van der Waals surface area (Å²) in [6.45, 7) is 10.8. The van der Waals surface area contributed by atoms with Crippen molar-refractivity contribution in [2.75, 3.05) is 19.6 Å². The second-order valence-corrected chi connectivity index (χ2v) is 5.33. The molecule has 1 N–H and O–H groups in total. The summed E-state index contributed by atoms with van der Waals surface area (Å²) in [6, 6.07) is 1.59. The van der Waals surface area contributed by atoms with E-state index >= 15 is 0 Å². The molecule has 2 unspecified atom stereocenters. The van der Waals surface area contributed by atoms with Crippen molar-refractivity contribution in [3.63, 3.8) is 0 Å². The first-order valence-corrected chi connectivity index (χ1v) is 6.16. The van der Waals surface area contributed by atoms with Crippen LogP contribution in [0, 0.1) is 11.8 Å². The number of piperazine rings is 1. The van der Waals surface area contributed by atoms with Gasteiger partial charge >= 0.3 is 0 Å². The number of rotatable bonds is 3. The molecule has 1 aliphatic heterocycles. The van der Waals surface area contributed by atoms with Crippen LogP contribution in [0.25, 0.3) is 0 Å². The number of nitrogens with zero attached hydrogens (tertiary/aromatic N) is 1. The Morgan fingerprint density at radius 3 is 2.50 bits per heavy atom. The summed E-state index contributed by atoms with van der Waals surface area (Å²) in [5.41, 5.74) is 0. The van der Waals surface area contributed by atoms with Crippen molar-refractivity contribution in [2.45, 2.75) is 45.7 Å². The molecule has 2 heteroatoms. The van der Waals surface area contributed by atoms with Gasteiger partial charge in [0.1, 0.15) is 0 Å². The minimum Gasteiger partial charge on any atom is -0.314 e. The second-order valence-electron chi connectivity index (χ2n) is 5.33. The van der Waals surface area contributed by atoms with Crippen molar-refractivity contribution in [1.29, 1.82) is 0 Å². The molecule has 0 amide bonds. The Hall–Kier alpha value is -0.0800. The molecule has 1 heterocycles. The normalized spacial score (nSPS) is 32.1. The van der Waals surface area contributed by atoms with Gasteiger partial charge in [0.15, 0.2) is 0 Å². The summed E-state index contributed by atoms with van der Waals surface area (Å²) in [6.07, 6.45) is 2.94. The summed E-state index contributed by atoms with van der Waals surface area (Å²) < 4.78 is 0. The van der Waals surface area contributed by atoms with E-state index in [9.17, 15) is 0 Å². The monoisotopic (exact) mass is 196 g/mol. The SMILES string of the molecule is CC(C)C1CNCCN1C(C)C1CC1. The zero-order valence-corrected chi connectivity index (χ0v) is 9.79. The minimum absolute atomic E-state index is 0.763. The summed E-state index contributed by atoms with van der Waals surface area (Å²) in [4.78, 5) is 2.75. The fourth-order valence-electron chi connectivity index (χ4n) is 2.71. The van der Waals surface area contributed by atoms with Crippen LogP contribution in [0.4, 0.5) is 0 Å². The molecular weight excluding hydrogens is 172 g/mol. The quantitative estimate of drug-likeness (QED) is 0.739. The molecule has 2 fully saturated rings. The van der Waals surface area contributed by atoms with Crippen LogP contribution < -0.4 is 5.32 Å². The van der Waals surface area contributed by atoms with Crippen molar-refractivity contribution in [3.8, 4) is 0 Å². The number of hydrogen-bond donors (Lipinski definition) is 1. The maximum atomic E-state index is 3.52. The molecule has 2 rings (SSSR count). The van der Waals surface area contributed by atoms with E-state index in [1.54, 1.807) is 0 Å². The average molecular weight is 196 g/mol. The first-order valence-electron chi connectivity index (χ1n) is 6.16. The van der Waals surface area contributed by atoms with Crippen LogP contribution in [0.2, 0.25) is 0 Å². The molecule has 0 radical (unpaired) electrons. The molecule has 0 bridgehead atoms. The largest absolute Gasteiger partial charge is 0.314 e. The zero-order chi connectivity index (χ0) is 10.1. The van der Waals surface area contributed by atoms with Gasteiger partial charge in [0.25, 0.3) is 0 Å². The van der Waals surface area contributed by atoms with Gasteiger partial charge in [0.05, 0.1) is 0 Å². The Balaban J connectivity index is 1.97. The maximum absolute atomic E-state index is 3.52. The predicted molar refractivity (Wildman–Crippen MR) is 60.4 cm³/mol. The number of hydrogen-bond acceptors (Lipinski definition) is 2. The molecule has 2 nitrogen and oxygen atoms in total. The zero-order valence-electron chi connectivity index (χ0n) is 9.79. The Morgan fingerprint density at radius 2 is 1.93 bits per heavy atom. The molecule has 0 aromatic heterocycles. The van der Waals surface area contributed by atoms with Crippen molar-refractivity contribution in [2.24, 2.45) is 11.8 Å². The lowest BCUT2D eigenvalue weighted by atomic mass is 9.97. The molecule has 14 heavy (non-hydrogen) atoms. The maximum Gasteiger partial charge on any atom is 0.0247 e. The summed E-state index contributed by atoms with van der Waals surface area (Å²) >= 11 is 0. The van der Waals surface area contributed by atoms with Gasteiger partial charge in [-0.25, -0.2) is 0 Å². The van der Waals surface area contributed by atoms with E-state index in [1.807, 2.05) is 0 Å². The van der Waals surface area contributed by atoms with Gasteiger partial charge in [-0.3, -0.25) is 4.90 Å². The van der Waals surface area contributed by atoms with Crippen LogP contribution in [0.3, 0.4) is 0 Å². The van der Waals surface area contributed by atoms with Crippen molar-refractivity contribution in [3.05, 3.63) is 0 Å². The fraction of sp³-hybridized carbons (Fsp3) is 1.00. The molecule has 1 saturated heterocycles. The van der Waals surface area contributed by atoms with E-state index in [1.165, 1.54) is 32.5 Å². The van der Waals surface area contributed by atoms with E-state index in [4.69, 9.17) is 0 Å². The molecule has 2 aliphatic rings. The fourth-order valence-corrected chi connectivity index (χ4v) is 2.71. The van der Waals surface area contributed by atoms with E-state index < -0.39 is 0 Å². The second kappa shape index (κ2) is 4.19. The predicted octanol–water partition coefficient (Wildman–Crippen LogP) is 1.71. The molecule has 2 atom stereocenters. The molecule has 0 aromatic carbocycles. The van der Waals surface area contributed by atoms with E-state index in [0.29, 0.717) is 0 Å². The highest BCUT2D eigenvalue weighted by Gasteiger charge is 2.36. The highest BCUT2D eigenvalue weighted by molar-refractivity contribution is 4.92. The summed E-state index contributed by atoms with van der Waals surface area (Å²) in [5.74, 6) is 1.79. The highest BCUT2D eigenvalue weighted by Crippen LogP contribution is 2.36. The van der Waals surface area contributed by atoms with Crippen LogP contribution in [-0.2, 0) is 0 Å². The lowest BCUT2D eigenvalue weighted by molar-refractivity contribution is 0.0745. The third kappa shape index (κ3) is 2.12. The first kappa shape index (κ1) is 10.4. The van der Waals surface area contributed by atoms with Crippen LogP contribution >= 0.6 is 0 Å². The van der Waals surface area contributed by atoms with Gasteiger partial charge < -0.3 is 5.32 Å². The Labute approximate surface area is 88.1 Å². The Kier molecular flexibility index (Phi) is 3.13. The molecule has 82 valence electrons. The van der Waals surface area contributed by atoms with E-state index in [-0.39, 0.29) is 0 Å². The Morgan fingerprint density at radius 1 is 1.21 bits per heavy atom. The third-order valence-corrected chi connectivity index (χ3v) is 3.92. The molecule has 1 aliphatic carbocycles. The molecule has 0 spiro atoms. The van der Waals surface area contributed by atoms with Gasteiger partial charge in [-0.2, -0.15) is 0 Å². The number of nitrogens with one attached hydrogen (secondary N) is 1. The Bertz CT molecular complexity index is 187. The van der Waals surface area contributed by atoms with Crippen molar-refractivity contribution < 1.29 is 0 Å². The lowest BCUT2D eigenvalue weighted by Crippen LogP contribution is -2.56. The topological polar surface area (TPSA) is 15.3 Å². The van der Waals surface area contributed by atoms with Crippen LogP contribution in [-0.4, -0.2) is 36.6 Å². The standard InChI is InChI=1S/C12H24N2/c1-9(2)12-8-13-6-7-14(12)10(3)11-4-5-11/h9-13H,4-8H2,1-3H3. The minimum atomic E-state index is 0.763. The third-order valence-electron chi connectivity index (χ3n) is 3.92. The molecular formula is C12H24N2. The van der Waals surface area contributed by atoms with Gasteiger partial charge in [-0.15, -0.1) is 0 Å². The summed E-state index contributed by atoms with van der Waals surface area (Å²) in [5, 5.41) is 3.52. The first-order chi connectivity index (χ1) is 6.70.